The molecule has 1 heterocycles. The first kappa shape index (κ1) is 21.5. The summed E-state index contributed by atoms with van der Waals surface area (Å²) in [6.45, 7) is 3.64. The Bertz CT molecular complexity index is 1140. The molecule has 0 aliphatic heterocycles. The summed E-state index contributed by atoms with van der Waals surface area (Å²) in [4.78, 5) is 24.5. The van der Waals surface area contributed by atoms with Crippen molar-refractivity contribution in [1.29, 1.82) is 0 Å². The number of ketones is 1. The van der Waals surface area contributed by atoms with Crippen LogP contribution in [-0.2, 0) is 0 Å². The third-order valence-corrected chi connectivity index (χ3v) is 5.57. The summed E-state index contributed by atoms with van der Waals surface area (Å²) in [5.41, 5.74) is 8.91. The highest BCUT2D eigenvalue weighted by Gasteiger charge is 2.25. The number of nitrogens with two attached hydrogens (primary N) is 1. The lowest BCUT2D eigenvalue weighted by atomic mass is 9.85. The second-order valence-corrected chi connectivity index (χ2v) is 7.85. The molecule has 2 aromatic carbocycles. The summed E-state index contributed by atoms with van der Waals surface area (Å²) in [6, 6.07) is 14.3. The van der Waals surface area contributed by atoms with Crippen molar-refractivity contribution in [3.05, 3.63) is 84.2 Å². The van der Waals surface area contributed by atoms with E-state index in [9.17, 15) is 9.90 Å². The van der Waals surface area contributed by atoms with Crippen LogP contribution in [0.1, 0.15) is 41.9 Å². The van der Waals surface area contributed by atoms with Gasteiger partial charge in [0.05, 0.1) is 22.8 Å². The van der Waals surface area contributed by atoms with E-state index in [4.69, 9.17) is 10.5 Å². The van der Waals surface area contributed by atoms with E-state index in [0.29, 0.717) is 23.4 Å². The van der Waals surface area contributed by atoms with Gasteiger partial charge in [-0.15, -0.1) is 0 Å². The van der Waals surface area contributed by atoms with Gasteiger partial charge in [0.1, 0.15) is 5.75 Å². The monoisotopic (exact) mass is 430 g/mol. The Morgan fingerprint density at radius 3 is 2.72 bits per heavy atom. The van der Waals surface area contributed by atoms with Gasteiger partial charge in [0.15, 0.2) is 5.82 Å². The lowest BCUT2D eigenvalue weighted by molar-refractivity contribution is 0.103. The molecule has 0 unspecified atom stereocenters. The molecule has 4 rings (SSSR count). The molecule has 1 aromatic heterocycles. The number of para-hydroxylation sites is 2. The number of aliphatic hydroxyl groups excluding tert-OH is 1. The number of fused-ring (bicyclic) bond motifs is 1. The number of aromatic nitrogens is 2. The van der Waals surface area contributed by atoms with E-state index < -0.39 is 0 Å². The van der Waals surface area contributed by atoms with Crippen LogP contribution in [0.5, 0.6) is 5.75 Å². The Morgan fingerprint density at radius 1 is 1.22 bits per heavy atom. The number of carbonyl (C=O) groups is 1. The lowest BCUT2D eigenvalue weighted by Gasteiger charge is -2.26. The summed E-state index contributed by atoms with van der Waals surface area (Å²) in [5.74, 6) is 0.867. The SMILES string of the molecule is C=CC=N/C(Oc1ccc(C(=O)c2nc3ccccc3[nH]2)cc1)=C(\N)[C@H]1CCC[C@@H](O)C1. The molecule has 1 aliphatic carbocycles. The molecule has 4 N–H and O–H groups in total. The molecule has 1 saturated carbocycles. The van der Waals surface area contributed by atoms with Gasteiger partial charge in [-0.2, -0.15) is 0 Å². The number of H-pyrrole nitrogens is 1. The highest BCUT2D eigenvalue weighted by molar-refractivity contribution is 6.08. The normalized spacial score (nSPS) is 19.7. The number of hydrogen-bond acceptors (Lipinski definition) is 6. The second-order valence-electron chi connectivity index (χ2n) is 7.85. The number of aromatic amines is 1. The molecule has 1 aliphatic rings. The molecule has 0 amide bonds. The van der Waals surface area contributed by atoms with Gasteiger partial charge < -0.3 is 20.6 Å². The first-order valence-electron chi connectivity index (χ1n) is 10.7. The maximum Gasteiger partial charge on any atom is 0.238 e. The number of hydrogen-bond donors (Lipinski definition) is 3. The number of ether oxygens (including phenoxy) is 1. The number of rotatable bonds is 7. The van der Waals surface area contributed by atoms with Crippen LogP contribution < -0.4 is 10.5 Å². The number of carbonyl (C=O) groups excluding carboxylic acids is 1. The van der Waals surface area contributed by atoms with Crippen molar-refractivity contribution in [1.82, 2.24) is 9.97 Å². The van der Waals surface area contributed by atoms with Crippen LogP contribution in [0.15, 0.2) is 77.8 Å². The Balaban J connectivity index is 1.53. The standard InChI is InChI=1S/C25H26N4O3/c1-2-14-27-25(22(26)17-6-5-7-18(30)15-17)32-19-12-10-16(11-13-19)23(31)24-28-20-8-3-4-9-21(20)29-24/h2-4,8-14,17-18,30H,1,5-7,15,26H2,(H,28,29)/b25-22+,27-14?/t17-,18+/m0/s1. The minimum absolute atomic E-state index is 0.00431. The van der Waals surface area contributed by atoms with Crippen molar-refractivity contribution in [2.75, 3.05) is 0 Å². The number of aliphatic hydroxyl groups is 1. The average Bonchev–Trinajstić information content (AvgIpc) is 3.25. The number of allylic oxidation sites excluding steroid dienone is 2. The lowest BCUT2D eigenvalue weighted by Crippen LogP contribution is -2.25. The summed E-state index contributed by atoms with van der Waals surface area (Å²) in [7, 11) is 0. The number of benzene rings is 2. The molecule has 2 atom stereocenters. The Hall–Kier alpha value is -3.71. The molecule has 164 valence electrons. The van der Waals surface area contributed by atoms with Crippen LogP contribution in [0.25, 0.3) is 11.0 Å². The van der Waals surface area contributed by atoms with Crippen molar-refractivity contribution >= 4 is 23.0 Å². The van der Waals surface area contributed by atoms with Crippen molar-refractivity contribution in [3.63, 3.8) is 0 Å². The number of imidazole rings is 1. The van der Waals surface area contributed by atoms with Gasteiger partial charge in [-0.1, -0.05) is 31.2 Å². The zero-order valence-electron chi connectivity index (χ0n) is 17.7. The van der Waals surface area contributed by atoms with E-state index in [2.05, 4.69) is 21.5 Å². The van der Waals surface area contributed by atoms with Gasteiger partial charge >= 0.3 is 0 Å². The molecule has 0 saturated heterocycles. The van der Waals surface area contributed by atoms with Crippen LogP contribution in [0.3, 0.4) is 0 Å². The van der Waals surface area contributed by atoms with Crippen LogP contribution in [0.2, 0.25) is 0 Å². The summed E-state index contributed by atoms with van der Waals surface area (Å²) in [5, 5.41) is 9.99. The fraction of sp³-hybridized carbons (Fsp3) is 0.240. The minimum Gasteiger partial charge on any atom is -0.437 e. The molecule has 1 fully saturated rings. The quantitative estimate of drug-likeness (QED) is 0.297. The first-order valence-corrected chi connectivity index (χ1v) is 10.7. The molecule has 7 nitrogen and oxygen atoms in total. The van der Waals surface area contributed by atoms with Gasteiger partial charge in [-0.05, 0) is 55.7 Å². The molecule has 0 radical (unpaired) electrons. The minimum atomic E-state index is -0.361. The Labute approximate surface area is 186 Å². The van der Waals surface area contributed by atoms with Crippen LogP contribution in [-0.4, -0.2) is 33.2 Å². The summed E-state index contributed by atoms with van der Waals surface area (Å²) >= 11 is 0. The third kappa shape index (κ3) is 4.78. The predicted molar refractivity (Wildman–Crippen MR) is 124 cm³/mol. The van der Waals surface area contributed by atoms with Gasteiger partial charge in [0.25, 0.3) is 0 Å². The van der Waals surface area contributed by atoms with Crippen molar-refractivity contribution < 1.29 is 14.6 Å². The maximum atomic E-state index is 12.8. The van der Waals surface area contributed by atoms with Crippen LogP contribution in [0.4, 0.5) is 0 Å². The van der Waals surface area contributed by atoms with Gasteiger partial charge in [-0.3, -0.25) is 4.79 Å². The predicted octanol–water partition coefficient (Wildman–Crippen LogP) is 4.11. The van der Waals surface area contributed by atoms with E-state index in [-0.39, 0.29) is 29.5 Å². The van der Waals surface area contributed by atoms with Crippen LogP contribution in [0, 0.1) is 5.92 Å². The smallest absolute Gasteiger partial charge is 0.238 e. The fourth-order valence-corrected chi connectivity index (χ4v) is 3.88. The molecule has 32 heavy (non-hydrogen) atoms. The van der Waals surface area contributed by atoms with E-state index in [1.54, 1.807) is 30.3 Å². The fourth-order valence-electron chi connectivity index (χ4n) is 3.88. The molecule has 3 aromatic rings. The second kappa shape index (κ2) is 9.62. The zero-order valence-corrected chi connectivity index (χ0v) is 17.7. The topological polar surface area (TPSA) is 114 Å². The summed E-state index contributed by atoms with van der Waals surface area (Å²) < 4.78 is 5.95. The van der Waals surface area contributed by atoms with E-state index in [1.165, 1.54) is 6.21 Å². The summed E-state index contributed by atoms with van der Waals surface area (Å²) in [6.07, 6.45) is 5.86. The van der Waals surface area contributed by atoms with Crippen molar-refractivity contribution in [3.8, 4) is 5.75 Å². The highest BCUT2D eigenvalue weighted by Crippen LogP contribution is 2.30. The maximum absolute atomic E-state index is 12.8. The molecule has 0 bridgehead atoms. The van der Waals surface area contributed by atoms with E-state index in [0.717, 1.165) is 30.3 Å². The highest BCUT2D eigenvalue weighted by atomic mass is 16.5. The zero-order chi connectivity index (χ0) is 22.5. The Kier molecular flexibility index (Phi) is 6.47. The number of aliphatic imine (C=N–C) groups is 1. The van der Waals surface area contributed by atoms with Gasteiger partial charge in [0.2, 0.25) is 11.7 Å². The largest absolute Gasteiger partial charge is 0.437 e. The molecule has 7 heteroatoms. The first-order chi connectivity index (χ1) is 15.5. The third-order valence-electron chi connectivity index (χ3n) is 5.57. The Morgan fingerprint density at radius 2 is 2.00 bits per heavy atom. The molecular weight excluding hydrogens is 404 g/mol. The van der Waals surface area contributed by atoms with Crippen molar-refractivity contribution in [2.45, 2.75) is 31.8 Å². The average molecular weight is 431 g/mol. The van der Waals surface area contributed by atoms with Crippen LogP contribution >= 0.6 is 0 Å². The number of nitrogens with one attached hydrogen (secondary N) is 1. The van der Waals surface area contributed by atoms with Gasteiger partial charge in [-0.25, -0.2) is 9.98 Å². The molecule has 0 spiro atoms. The number of nitrogens with zero attached hydrogens (tertiary/aromatic N) is 2. The molecular formula is C25H26N4O3. The van der Waals surface area contributed by atoms with E-state index >= 15 is 0 Å². The van der Waals surface area contributed by atoms with E-state index in [1.807, 2.05) is 24.3 Å². The van der Waals surface area contributed by atoms with Gasteiger partial charge in [0, 0.05) is 17.7 Å². The van der Waals surface area contributed by atoms with Crippen molar-refractivity contribution in [2.24, 2.45) is 16.6 Å².